The molecule has 0 radical (unpaired) electrons. The molecule has 0 N–H and O–H groups in total. The Morgan fingerprint density at radius 3 is 2.80 bits per heavy atom. The summed E-state index contributed by atoms with van der Waals surface area (Å²) in [5, 5.41) is 0. The smallest absolute Gasteiger partial charge is 0.349 e. The van der Waals surface area contributed by atoms with Crippen molar-refractivity contribution in [2.24, 2.45) is 0 Å². The molecule has 0 amide bonds. The minimum Gasteiger partial charge on any atom is -0.482 e. The van der Waals surface area contributed by atoms with E-state index in [2.05, 4.69) is 4.98 Å². The fourth-order valence-corrected chi connectivity index (χ4v) is 1.72. The van der Waals surface area contributed by atoms with E-state index in [4.69, 9.17) is 13.9 Å². The fraction of sp³-hybridized carbons (Fsp3) is 0.0667. The molecule has 0 fully saturated rings. The predicted molar refractivity (Wildman–Crippen MR) is 71.6 cm³/mol. The molecule has 0 aliphatic heterocycles. The van der Waals surface area contributed by atoms with Crippen molar-refractivity contribution in [3.05, 3.63) is 54.9 Å². The molecule has 1 heterocycles. The molecule has 0 atom stereocenters. The first-order valence-corrected chi connectivity index (χ1v) is 6.03. The number of benzene rings is 2. The highest BCUT2D eigenvalue weighted by atomic mass is 16.6. The van der Waals surface area contributed by atoms with Gasteiger partial charge in [0, 0.05) is 6.07 Å². The van der Waals surface area contributed by atoms with Gasteiger partial charge in [0.1, 0.15) is 17.0 Å². The third kappa shape index (κ3) is 2.77. The number of fused-ring (bicyclic) bond motifs is 1. The summed E-state index contributed by atoms with van der Waals surface area (Å²) in [6.07, 6.45) is 1.34. The number of nitrogens with zero attached hydrogens (tertiary/aromatic N) is 1. The SMILES string of the molecule is O=C(COc1ccccc1)Oc1ccc2ocnc2c1. The molecule has 0 saturated heterocycles. The molecule has 0 saturated carbocycles. The fourth-order valence-electron chi connectivity index (χ4n) is 1.72. The molecule has 5 nitrogen and oxygen atoms in total. The maximum atomic E-state index is 11.7. The normalized spacial score (nSPS) is 10.4. The number of hydrogen-bond acceptors (Lipinski definition) is 5. The van der Waals surface area contributed by atoms with Crippen molar-refractivity contribution in [3.8, 4) is 11.5 Å². The highest BCUT2D eigenvalue weighted by molar-refractivity contribution is 5.78. The standard InChI is InChI=1S/C15H11NO4/c17-15(9-18-11-4-2-1-3-5-11)20-12-6-7-14-13(8-12)16-10-19-14/h1-8,10H,9H2. The van der Waals surface area contributed by atoms with Gasteiger partial charge in [-0.15, -0.1) is 0 Å². The molecular formula is C15H11NO4. The van der Waals surface area contributed by atoms with Crippen molar-refractivity contribution in [2.45, 2.75) is 0 Å². The summed E-state index contributed by atoms with van der Waals surface area (Å²) in [6.45, 7) is -0.152. The van der Waals surface area contributed by atoms with E-state index in [-0.39, 0.29) is 6.61 Å². The van der Waals surface area contributed by atoms with Crippen LogP contribution in [0.5, 0.6) is 11.5 Å². The lowest BCUT2D eigenvalue weighted by atomic mass is 10.3. The van der Waals surface area contributed by atoms with E-state index in [1.807, 2.05) is 18.2 Å². The van der Waals surface area contributed by atoms with Gasteiger partial charge in [0.2, 0.25) is 0 Å². The van der Waals surface area contributed by atoms with Crippen molar-refractivity contribution in [1.29, 1.82) is 0 Å². The van der Waals surface area contributed by atoms with Crippen molar-refractivity contribution in [1.82, 2.24) is 4.98 Å². The summed E-state index contributed by atoms with van der Waals surface area (Å²) >= 11 is 0. The summed E-state index contributed by atoms with van der Waals surface area (Å²) in [5.74, 6) is 0.557. The Morgan fingerprint density at radius 2 is 1.95 bits per heavy atom. The third-order valence-electron chi connectivity index (χ3n) is 2.63. The van der Waals surface area contributed by atoms with Gasteiger partial charge in [0.15, 0.2) is 18.6 Å². The van der Waals surface area contributed by atoms with Crippen LogP contribution in [0.2, 0.25) is 0 Å². The molecular weight excluding hydrogens is 258 g/mol. The zero-order chi connectivity index (χ0) is 13.8. The monoisotopic (exact) mass is 269 g/mol. The van der Waals surface area contributed by atoms with Crippen LogP contribution in [-0.2, 0) is 4.79 Å². The van der Waals surface area contributed by atoms with Crippen LogP contribution in [0, 0.1) is 0 Å². The van der Waals surface area contributed by atoms with Gasteiger partial charge in [-0.3, -0.25) is 0 Å². The predicted octanol–water partition coefficient (Wildman–Crippen LogP) is 2.81. The van der Waals surface area contributed by atoms with Gasteiger partial charge in [-0.05, 0) is 24.3 Å². The zero-order valence-electron chi connectivity index (χ0n) is 10.5. The van der Waals surface area contributed by atoms with Gasteiger partial charge in [-0.25, -0.2) is 9.78 Å². The lowest BCUT2D eigenvalue weighted by Gasteiger charge is -2.06. The Hall–Kier alpha value is -2.82. The van der Waals surface area contributed by atoms with Crippen molar-refractivity contribution >= 4 is 17.1 Å². The van der Waals surface area contributed by atoms with Crippen LogP contribution in [0.4, 0.5) is 0 Å². The van der Waals surface area contributed by atoms with E-state index in [0.717, 1.165) is 0 Å². The Morgan fingerprint density at radius 1 is 1.10 bits per heavy atom. The zero-order valence-corrected chi connectivity index (χ0v) is 10.5. The van der Waals surface area contributed by atoms with Gasteiger partial charge in [0.05, 0.1) is 0 Å². The number of rotatable bonds is 4. The van der Waals surface area contributed by atoms with Crippen LogP contribution >= 0.6 is 0 Å². The maximum absolute atomic E-state index is 11.7. The van der Waals surface area contributed by atoms with Crippen LogP contribution in [0.1, 0.15) is 0 Å². The van der Waals surface area contributed by atoms with E-state index in [0.29, 0.717) is 22.6 Å². The molecule has 0 spiro atoms. The van der Waals surface area contributed by atoms with Gasteiger partial charge in [-0.1, -0.05) is 18.2 Å². The van der Waals surface area contributed by atoms with Crippen LogP contribution in [0.3, 0.4) is 0 Å². The first-order valence-electron chi connectivity index (χ1n) is 6.03. The molecule has 0 aliphatic rings. The third-order valence-corrected chi connectivity index (χ3v) is 2.63. The summed E-state index contributed by atoms with van der Waals surface area (Å²) in [5.41, 5.74) is 1.28. The molecule has 0 aliphatic carbocycles. The lowest BCUT2D eigenvalue weighted by molar-refractivity contribution is -0.136. The number of esters is 1. The number of carbonyl (C=O) groups is 1. The average Bonchev–Trinajstić information content (AvgIpc) is 2.94. The van der Waals surface area contributed by atoms with Crippen LogP contribution < -0.4 is 9.47 Å². The van der Waals surface area contributed by atoms with Gasteiger partial charge in [-0.2, -0.15) is 0 Å². The Bertz CT molecular complexity index is 721. The van der Waals surface area contributed by atoms with Crippen LogP contribution in [0.25, 0.3) is 11.1 Å². The largest absolute Gasteiger partial charge is 0.482 e. The molecule has 2 aromatic carbocycles. The Labute approximate surface area is 114 Å². The summed E-state index contributed by atoms with van der Waals surface area (Å²) in [7, 11) is 0. The highest BCUT2D eigenvalue weighted by Crippen LogP contribution is 2.19. The molecule has 0 unspecified atom stereocenters. The second-order valence-electron chi connectivity index (χ2n) is 4.06. The van der Waals surface area contributed by atoms with Gasteiger partial charge >= 0.3 is 5.97 Å². The maximum Gasteiger partial charge on any atom is 0.349 e. The lowest BCUT2D eigenvalue weighted by Crippen LogP contribution is -2.17. The molecule has 3 rings (SSSR count). The molecule has 100 valence electrons. The van der Waals surface area contributed by atoms with Crippen LogP contribution in [-0.4, -0.2) is 17.6 Å². The number of oxazole rings is 1. The van der Waals surface area contributed by atoms with Crippen LogP contribution in [0.15, 0.2) is 59.3 Å². The molecule has 20 heavy (non-hydrogen) atoms. The van der Waals surface area contributed by atoms with E-state index in [9.17, 15) is 4.79 Å². The van der Waals surface area contributed by atoms with Crippen molar-refractivity contribution < 1.29 is 18.7 Å². The minimum absolute atomic E-state index is 0.152. The Balaban J connectivity index is 1.61. The minimum atomic E-state index is -0.475. The number of ether oxygens (including phenoxy) is 2. The second-order valence-corrected chi connectivity index (χ2v) is 4.06. The molecule has 0 bridgehead atoms. The number of aromatic nitrogens is 1. The van der Waals surface area contributed by atoms with E-state index in [1.165, 1.54) is 6.39 Å². The number of para-hydroxylation sites is 1. The Kier molecular flexibility index (Phi) is 3.33. The first-order chi connectivity index (χ1) is 9.81. The van der Waals surface area contributed by atoms with E-state index >= 15 is 0 Å². The van der Waals surface area contributed by atoms with E-state index < -0.39 is 5.97 Å². The molecule has 3 aromatic rings. The molecule has 1 aromatic heterocycles. The number of hydrogen-bond donors (Lipinski definition) is 0. The highest BCUT2D eigenvalue weighted by Gasteiger charge is 2.08. The quantitative estimate of drug-likeness (QED) is 0.538. The summed E-state index contributed by atoms with van der Waals surface area (Å²) in [4.78, 5) is 15.7. The first kappa shape index (κ1) is 12.2. The van der Waals surface area contributed by atoms with Crippen molar-refractivity contribution in [2.75, 3.05) is 6.61 Å². The second kappa shape index (κ2) is 5.44. The molecule has 5 heteroatoms. The average molecular weight is 269 g/mol. The number of carbonyl (C=O) groups excluding carboxylic acids is 1. The van der Waals surface area contributed by atoms with Crippen molar-refractivity contribution in [3.63, 3.8) is 0 Å². The topological polar surface area (TPSA) is 61.6 Å². The van der Waals surface area contributed by atoms with Gasteiger partial charge < -0.3 is 13.9 Å². The van der Waals surface area contributed by atoms with E-state index in [1.54, 1.807) is 30.3 Å². The van der Waals surface area contributed by atoms with Gasteiger partial charge in [0.25, 0.3) is 0 Å². The summed E-state index contributed by atoms with van der Waals surface area (Å²) in [6, 6.07) is 14.1. The summed E-state index contributed by atoms with van der Waals surface area (Å²) < 4.78 is 15.6.